The van der Waals surface area contributed by atoms with Gasteiger partial charge in [-0.1, -0.05) is 0 Å². The molecular weight excluding hydrogens is 776 g/mol. The van der Waals surface area contributed by atoms with Gasteiger partial charge in [-0.25, -0.2) is 15.0 Å². The lowest BCUT2D eigenvalue weighted by atomic mass is 10.00. The molecular formula is C34H41Br2N8O6+. The summed E-state index contributed by atoms with van der Waals surface area (Å²) in [5.74, 6) is 1.46. The number of likely N-dealkylation sites (tertiary alicyclic amines) is 1. The van der Waals surface area contributed by atoms with Gasteiger partial charge < -0.3 is 38.9 Å². The van der Waals surface area contributed by atoms with Gasteiger partial charge in [-0.15, -0.1) is 0 Å². The molecule has 1 saturated heterocycles. The van der Waals surface area contributed by atoms with E-state index in [-0.39, 0.29) is 29.4 Å². The molecule has 1 amide bonds. The van der Waals surface area contributed by atoms with Crippen LogP contribution < -0.4 is 20.3 Å². The topological polar surface area (TPSA) is 158 Å². The SMILES string of the molecule is COc1cc(OC)c(Br)c(-c2cc3cnc(NC(C)C)cc3n(C3CCN(C(=O)/C=C/C[N+](C)(C)Cc4nc[nH]c4[N+](=O)[O-])CC3)c2=O)c1Br. The number of quaternary nitrogens is 1. The quantitative estimate of drug-likeness (QED) is 0.0752. The second-order valence-electron chi connectivity index (χ2n) is 13.1. The zero-order valence-electron chi connectivity index (χ0n) is 28.8. The molecule has 0 unspecified atom stereocenters. The first kappa shape index (κ1) is 37.0. The number of methoxy groups -OCH3 is 2. The van der Waals surface area contributed by atoms with Crippen LogP contribution in [0.15, 0.2) is 56.6 Å². The first-order chi connectivity index (χ1) is 23.7. The number of nitro groups is 1. The van der Waals surface area contributed by atoms with Crippen molar-refractivity contribution in [3.63, 3.8) is 0 Å². The third-order valence-electron chi connectivity index (χ3n) is 8.66. The summed E-state index contributed by atoms with van der Waals surface area (Å²) >= 11 is 7.32. The minimum absolute atomic E-state index is 0.121. The molecule has 5 rings (SSSR count). The Morgan fingerprint density at radius 3 is 2.40 bits per heavy atom. The number of pyridine rings is 2. The lowest BCUT2D eigenvalue weighted by Gasteiger charge is -2.33. The fourth-order valence-corrected chi connectivity index (χ4v) is 7.86. The van der Waals surface area contributed by atoms with Gasteiger partial charge in [-0.2, -0.15) is 0 Å². The van der Waals surface area contributed by atoms with Crippen molar-refractivity contribution in [1.82, 2.24) is 24.4 Å². The van der Waals surface area contributed by atoms with E-state index in [1.54, 1.807) is 43.5 Å². The first-order valence-electron chi connectivity index (χ1n) is 16.1. The fourth-order valence-electron chi connectivity index (χ4n) is 6.22. The molecule has 0 aliphatic carbocycles. The number of nitrogens with zero attached hydrogens (tertiary/aromatic N) is 6. The van der Waals surface area contributed by atoms with Crippen molar-refractivity contribution < 1.29 is 23.7 Å². The second-order valence-corrected chi connectivity index (χ2v) is 14.7. The molecule has 3 aromatic heterocycles. The number of ether oxygens (including phenoxy) is 2. The average molecular weight is 818 g/mol. The van der Waals surface area contributed by atoms with E-state index in [2.05, 4.69) is 52.1 Å². The predicted molar refractivity (Wildman–Crippen MR) is 199 cm³/mol. The lowest BCUT2D eigenvalue weighted by Crippen LogP contribution is -2.41. The number of H-pyrrole nitrogens is 1. The summed E-state index contributed by atoms with van der Waals surface area (Å²) in [5.41, 5.74) is 1.98. The van der Waals surface area contributed by atoms with Crippen LogP contribution in [0.2, 0.25) is 0 Å². The summed E-state index contributed by atoms with van der Waals surface area (Å²) in [6.07, 6.45) is 7.58. The molecule has 1 fully saturated rings. The number of benzene rings is 1. The minimum Gasteiger partial charge on any atom is -0.495 e. The Morgan fingerprint density at radius 2 is 1.80 bits per heavy atom. The summed E-state index contributed by atoms with van der Waals surface area (Å²) in [4.78, 5) is 51.7. The summed E-state index contributed by atoms with van der Waals surface area (Å²) in [6, 6.07) is 5.46. The molecule has 1 aliphatic heterocycles. The maximum atomic E-state index is 14.6. The second kappa shape index (κ2) is 15.3. The number of piperidine rings is 1. The molecule has 50 heavy (non-hydrogen) atoms. The smallest absolute Gasteiger partial charge is 0.349 e. The van der Waals surface area contributed by atoms with E-state index in [1.165, 1.54) is 6.33 Å². The number of aromatic amines is 1. The number of carbonyl (C=O) groups excluding carboxylic acids is 1. The molecule has 16 heteroatoms. The van der Waals surface area contributed by atoms with E-state index in [1.807, 2.05) is 44.6 Å². The van der Waals surface area contributed by atoms with Crippen LogP contribution in [-0.2, 0) is 11.3 Å². The van der Waals surface area contributed by atoms with Crippen molar-refractivity contribution in [2.24, 2.45) is 0 Å². The van der Waals surface area contributed by atoms with Gasteiger partial charge in [-0.3, -0.25) is 9.59 Å². The van der Waals surface area contributed by atoms with Crippen LogP contribution in [0.25, 0.3) is 22.0 Å². The molecule has 14 nitrogen and oxygen atoms in total. The summed E-state index contributed by atoms with van der Waals surface area (Å²) in [7, 11) is 6.96. The number of amides is 1. The van der Waals surface area contributed by atoms with Crippen LogP contribution in [0.1, 0.15) is 38.4 Å². The molecule has 4 aromatic rings. The highest BCUT2D eigenvalue weighted by Gasteiger charge is 2.29. The summed E-state index contributed by atoms with van der Waals surface area (Å²) < 4.78 is 14.6. The molecule has 4 heterocycles. The highest BCUT2D eigenvalue weighted by Crippen LogP contribution is 2.46. The van der Waals surface area contributed by atoms with Crippen LogP contribution in [0.5, 0.6) is 11.5 Å². The van der Waals surface area contributed by atoms with E-state index in [9.17, 15) is 19.7 Å². The highest BCUT2D eigenvalue weighted by molar-refractivity contribution is 9.11. The van der Waals surface area contributed by atoms with E-state index in [0.717, 1.165) is 10.9 Å². The summed E-state index contributed by atoms with van der Waals surface area (Å²) in [5, 5.41) is 15.4. The van der Waals surface area contributed by atoms with Gasteiger partial charge in [0.2, 0.25) is 5.91 Å². The Labute approximate surface area is 306 Å². The van der Waals surface area contributed by atoms with Crippen molar-refractivity contribution >= 4 is 60.3 Å². The number of halogens is 2. The van der Waals surface area contributed by atoms with Gasteiger partial charge in [0.15, 0.2) is 12.0 Å². The predicted octanol–water partition coefficient (Wildman–Crippen LogP) is 6.05. The lowest BCUT2D eigenvalue weighted by molar-refractivity contribution is -0.898. The van der Waals surface area contributed by atoms with Crippen LogP contribution in [0.4, 0.5) is 11.6 Å². The minimum atomic E-state index is -0.481. The Hall–Kier alpha value is -4.28. The molecule has 0 radical (unpaired) electrons. The Bertz CT molecular complexity index is 1970. The van der Waals surface area contributed by atoms with Crippen LogP contribution in [0.3, 0.4) is 0 Å². The number of rotatable bonds is 12. The van der Waals surface area contributed by atoms with Crippen molar-refractivity contribution in [3.8, 4) is 22.6 Å². The summed E-state index contributed by atoms with van der Waals surface area (Å²) in [6.45, 7) is 5.78. The number of hydrogen-bond acceptors (Lipinski definition) is 9. The third-order valence-corrected chi connectivity index (χ3v) is 10.2. The Kier molecular flexibility index (Phi) is 11.3. The van der Waals surface area contributed by atoms with E-state index < -0.39 is 4.92 Å². The largest absolute Gasteiger partial charge is 0.495 e. The van der Waals surface area contributed by atoms with Crippen LogP contribution in [-0.4, -0.2) is 93.7 Å². The highest BCUT2D eigenvalue weighted by atomic mass is 79.9. The van der Waals surface area contributed by atoms with Crippen LogP contribution >= 0.6 is 31.9 Å². The van der Waals surface area contributed by atoms with Gasteiger partial charge in [-0.05, 0) is 75.6 Å². The van der Waals surface area contributed by atoms with Crippen LogP contribution in [0, 0.1) is 10.1 Å². The zero-order valence-corrected chi connectivity index (χ0v) is 32.0. The molecule has 2 N–H and O–H groups in total. The average Bonchev–Trinajstić information content (AvgIpc) is 3.53. The molecule has 266 valence electrons. The third kappa shape index (κ3) is 7.87. The number of aromatic nitrogens is 4. The van der Waals surface area contributed by atoms with Crippen molar-refractivity contribution in [2.45, 2.75) is 45.3 Å². The molecule has 0 bridgehead atoms. The molecule has 1 aromatic carbocycles. The van der Waals surface area contributed by atoms with Crippen molar-refractivity contribution in [3.05, 3.63) is 78.0 Å². The number of nitrogens with one attached hydrogen (secondary N) is 2. The van der Waals surface area contributed by atoms with E-state index >= 15 is 0 Å². The number of carbonyl (C=O) groups is 1. The maximum Gasteiger partial charge on any atom is 0.349 e. The maximum absolute atomic E-state index is 14.6. The number of anilines is 1. The monoisotopic (exact) mass is 815 g/mol. The standard InChI is InChI=1S/C34H40Br2N8O6/c1-20(2)40-28-15-25-21(17-37-28)14-23(30-31(35)26(49-5)16-27(50-6)32(30)36)34(46)42(25)22-9-11-41(12-10-22)29(45)8-7-13-44(3,4)18-24-33(43(47)48)39-19-38-24/h7-8,14-17,19-20,22H,9-13,18H2,1-6H3,(H-,37,38,39,40,46)/p+1/b8-7+. The Morgan fingerprint density at radius 1 is 1.14 bits per heavy atom. The molecule has 0 atom stereocenters. The number of fused-ring (bicyclic) bond motifs is 1. The van der Waals surface area contributed by atoms with Gasteiger partial charge >= 0.3 is 5.82 Å². The number of imidazole rings is 1. The molecule has 0 saturated carbocycles. The van der Waals surface area contributed by atoms with Crippen molar-refractivity contribution in [2.75, 3.05) is 53.3 Å². The normalized spacial score (nSPS) is 14.1. The molecule has 0 spiro atoms. The van der Waals surface area contributed by atoms with Gasteiger partial charge in [0.1, 0.15) is 23.9 Å². The number of hydrogen-bond donors (Lipinski definition) is 2. The number of likely N-dealkylation sites (N-methyl/N-ethyl adjacent to an activating group) is 1. The van der Waals surface area contributed by atoms with Gasteiger partial charge in [0.25, 0.3) is 5.56 Å². The van der Waals surface area contributed by atoms with Crippen molar-refractivity contribution in [1.29, 1.82) is 0 Å². The first-order valence-corrected chi connectivity index (χ1v) is 17.7. The molecule has 1 aliphatic rings. The van der Waals surface area contributed by atoms with E-state index in [4.69, 9.17) is 9.47 Å². The zero-order chi connectivity index (χ0) is 36.3. The fraction of sp³-hybridized carbons (Fsp3) is 0.412. The van der Waals surface area contributed by atoms with E-state index in [0.29, 0.717) is 86.6 Å². The Balaban J connectivity index is 1.41. The van der Waals surface area contributed by atoms with Gasteiger partial charge in [0.05, 0.1) is 54.9 Å². The van der Waals surface area contributed by atoms with Gasteiger partial charge in [0, 0.05) is 60.5 Å².